The second-order valence-corrected chi connectivity index (χ2v) is 6.10. The molecule has 1 heterocycles. The van der Waals surface area contributed by atoms with E-state index >= 15 is 0 Å². The number of fused-ring (bicyclic) bond motifs is 1. The van der Waals surface area contributed by atoms with Crippen LogP contribution in [0.2, 0.25) is 0 Å². The highest BCUT2D eigenvalue weighted by atomic mass is 32.1. The van der Waals surface area contributed by atoms with Crippen molar-refractivity contribution >= 4 is 22.4 Å². The molecule has 16 heavy (non-hydrogen) atoms. The minimum atomic E-state index is -0.443. The summed E-state index contributed by atoms with van der Waals surface area (Å²) >= 11 is 1.47. The highest BCUT2D eigenvalue weighted by molar-refractivity contribution is 7.15. The van der Waals surface area contributed by atoms with Crippen molar-refractivity contribution in [1.29, 1.82) is 0 Å². The van der Waals surface area contributed by atoms with Gasteiger partial charge < -0.3 is 10.5 Å². The number of nitrogen functional groups attached to an aromatic ring is 1. The SMILES string of the molecule is CC(C)(C)OC(=O)C1CCc2sc(N)nc21. The lowest BCUT2D eigenvalue weighted by molar-refractivity contribution is -0.156. The molecule has 2 N–H and O–H groups in total. The number of carbonyl (C=O) groups excluding carboxylic acids is 1. The quantitative estimate of drug-likeness (QED) is 0.763. The summed E-state index contributed by atoms with van der Waals surface area (Å²) in [5.41, 5.74) is 6.02. The number of thiazole rings is 1. The van der Waals surface area contributed by atoms with Gasteiger partial charge in [-0.05, 0) is 33.6 Å². The predicted octanol–water partition coefficient (Wildman–Crippen LogP) is 2.10. The molecule has 0 spiro atoms. The van der Waals surface area contributed by atoms with Crippen molar-refractivity contribution in [1.82, 2.24) is 4.98 Å². The standard InChI is InChI=1S/C11H16N2O2S/c1-11(2,3)15-9(14)6-4-5-7-8(6)13-10(12)16-7/h6H,4-5H2,1-3H3,(H2,12,13). The molecule has 0 amide bonds. The van der Waals surface area contributed by atoms with Gasteiger partial charge in [-0.25, -0.2) is 4.98 Å². The summed E-state index contributed by atoms with van der Waals surface area (Å²) in [4.78, 5) is 17.3. The van der Waals surface area contributed by atoms with Gasteiger partial charge >= 0.3 is 5.97 Å². The molecule has 1 aliphatic carbocycles. The lowest BCUT2D eigenvalue weighted by Crippen LogP contribution is -2.27. The Morgan fingerprint density at radius 3 is 2.88 bits per heavy atom. The Hall–Kier alpha value is -1.10. The molecule has 1 aromatic rings. The van der Waals surface area contributed by atoms with E-state index in [-0.39, 0.29) is 11.9 Å². The molecule has 1 aliphatic rings. The smallest absolute Gasteiger partial charge is 0.315 e. The lowest BCUT2D eigenvalue weighted by atomic mass is 10.1. The number of aryl methyl sites for hydroxylation is 1. The van der Waals surface area contributed by atoms with Gasteiger partial charge in [-0.2, -0.15) is 0 Å². The lowest BCUT2D eigenvalue weighted by Gasteiger charge is -2.21. The average molecular weight is 240 g/mol. The van der Waals surface area contributed by atoms with Crippen LogP contribution in [-0.2, 0) is 16.0 Å². The summed E-state index contributed by atoms with van der Waals surface area (Å²) in [6.07, 6.45) is 1.68. The molecule has 0 aliphatic heterocycles. The summed E-state index contributed by atoms with van der Waals surface area (Å²) < 4.78 is 5.37. The molecular formula is C11H16N2O2S. The number of nitrogens with two attached hydrogens (primary N) is 1. The monoisotopic (exact) mass is 240 g/mol. The first-order chi connectivity index (χ1) is 7.37. The highest BCUT2D eigenvalue weighted by Gasteiger charge is 2.35. The highest BCUT2D eigenvalue weighted by Crippen LogP contribution is 2.38. The number of ether oxygens (including phenoxy) is 1. The van der Waals surface area contributed by atoms with Crippen LogP contribution in [0.25, 0.3) is 0 Å². The zero-order valence-corrected chi connectivity index (χ0v) is 10.6. The van der Waals surface area contributed by atoms with Gasteiger partial charge in [0.15, 0.2) is 5.13 Å². The Balaban J connectivity index is 2.15. The molecule has 0 bridgehead atoms. The van der Waals surface area contributed by atoms with Crippen molar-refractivity contribution in [2.75, 3.05) is 5.73 Å². The molecule has 1 aromatic heterocycles. The van der Waals surface area contributed by atoms with E-state index in [0.717, 1.165) is 23.4 Å². The Kier molecular flexibility index (Phi) is 2.66. The van der Waals surface area contributed by atoms with Crippen molar-refractivity contribution in [2.24, 2.45) is 0 Å². The van der Waals surface area contributed by atoms with Gasteiger partial charge in [0.2, 0.25) is 0 Å². The molecule has 0 saturated heterocycles. The summed E-state index contributed by atoms with van der Waals surface area (Å²) in [5.74, 6) is -0.403. The van der Waals surface area contributed by atoms with E-state index < -0.39 is 5.60 Å². The molecule has 1 unspecified atom stereocenters. The molecule has 0 saturated carbocycles. The maximum absolute atomic E-state index is 11.9. The Bertz CT molecular complexity index is 420. The third-order valence-corrected chi connectivity index (χ3v) is 3.39. The number of anilines is 1. The van der Waals surface area contributed by atoms with Crippen LogP contribution >= 0.6 is 11.3 Å². The Labute approximate surface area is 98.8 Å². The van der Waals surface area contributed by atoms with Crippen molar-refractivity contribution < 1.29 is 9.53 Å². The molecule has 88 valence electrons. The van der Waals surface area contributed by atoms with Gasteiger partial charge in [0.05, 0.1) is 5.69 Å². The summed E-state index contributed by atoms with van der Waals surface area (Å²) in [5, 5.41) is 0.540. The second-order valence-electron chi connectivity index (χ2n) is 4.99. The van der Waals surface area contributed by atoms with Crippen LogP contribution in [0.15, 0.2) is 0 Å². The number of hydrogen-bond donors (Lipinski definition) is 1. The molecular weight excluding hydrogens is 224 g/mol. The number of hydrogen-bond acceptors (Lipinski definition) is 5. The van der Waals surface area contributed by atoms with Crippen LogP contribution in [0, 0.1) is 0 Å². The number of carbonyl (C=O) groups is 1. The first-order valence-corrected chi connectivity index (χ1v) is 6.16. The van der Waals surface area contributed by atoms with E-state index in [1.54, 1.807) is 0 Å². The third-order valence-electron chi connectivity index (χ3n) is 2.43. The fourth-order valence-electron chi connectivity index (χ4n) is 1.85. The van der Waals surface area contributed by atoms with Gasteiger partial charge in [-0.3, -0.25) is 4.79 Å². The zero-order chi connectivity index (χ0) is 11.9. The Morgan fingerprint density at radius 2 is 2.25 bits per heavy atom. The van der Waals surface area contributed by atoms with Gasteiger partial charge in [0.25, 0.3) is 0 Å². The minimum Gasteiger partial charge on any atom is -0.459 e. The van der Waals surface area contributed by atoms with Crippen LogP contribution in [0.1, 0.15) is 43.7 Å². The predicted molar refractivity (Wildman–Crippen MR) is 63.4 cm³/mol. The van der Waals surface area contributed by atoms with Crippen molar-refractivity contribution in [3.8, 4) is 0 Å². The van der Waals surface area contributed by atoms with Crippen molar-refractivity contribution in [3.05, 3.63) is 10.6 Å². The van der Waals surface area contributed by atoms with Gasteiger partial charge in [-0.15, -0.1) is 11.3 Å². The van der Waals surface area contributed by atoms with Crippen LogP contribution in [0.3, 0.4) is 0 Å². The van der Waals surface area contributed by atoms with E-state index in [1.165, 1.54) is 11.3 Å². The molecule has 0 aromatic carbocycles. The maximum Gasteiger partial charge on any atom is 0.315 e. The summed E-state index contributed by atoms with van der Waals surface area (Å²) in [6, 6.07) is 0. The zero-order valence-electron chi connectivity index (χ0n) is 9.74. The van der Waals surface area contributed by atoms with Gasteiger partial charge in [0.1, 0.15) is 11.5 Å². The van der Waals surface area contributed by atoms with E-state index in [2.05, 4.69) is 4.98 Å². The largest absolute Gasteiger partial charge is 0.459 e. The first kappa shape index (κ1) is 11.4. The van der Waals surface area contributed by atoms with Crippen molar-refractivity contribution in [2.45, 2.75) is 45.1 Å². The van der Waals surface area contributed by atoms with Gasteiger partial charge in [0, 0.05) is 4.88 Å². The molecule has 4 nitrogen and oxygen atoms in total. The van der Waals surface area contributed by atoms with Crippen LogP contribution in [-0.4, -0.2) is 16.6 Å². The topological polar surface area (TPSA) is 65.2 Å². The fraction of sp³-hybridized carbons (Fsp3) is 0.636. The van der Waals surface area contributed by atoms with E-state index in [1.807, 2.05) is 20.8 Å². The summed E-state index contributed by atoms with van der Waals surface area (Å²) in [7, 11) is 0. The average Bonchev–Trinajstić information content (AvgIpc) is 2.58. The fourth-order valence-corrected chi connectivity index (χ4v) is 2.76. The van der Waals surface area contributed by atoms with E-state index in [4.69, 9.17) is 10.5 Å². The molecule has 5 heteroatoms. The number of rotatable bonds is 1. The van der Waals surface area contributed by atoms with E-state index in [0.29, 0.717) is 5.13 Å². The minimum absolute atomic E-state index is 0.184. The molecule has 1 atom stereocenters. The first-order valence-electron chi connectivity index (χ1n) is 5.35. The third kappa shape index (κ3) is 2.19. The van der Waals surface area contributed by atoms with Gasteiger partial charge in [-0.1, -0.05) is 0 Å². The second kappa shape index (κ2) is 3.73. The molecule has 2 rings (SSSR count). The van der Waals surface area contributed by atoms with Crippen molar-refractivity contribution in [3.63, 3.8) is 0 Å². The normalized spacial score (nSPS) is 19.6. The van der Waals surface area contributed by atoms with Crippen LogP contribution in [0.4, 0.5) is 5.13 Å². The van der Waals surface area contributed by atoms with Crippen LogP contribution < -0.4 is 5.73 Å². The van der Waals surface area contributed by atoms with E-state index in [9.17, 15) is 4.79 Å². The number of esters is 1. The summed E-state index contributed by atoms with van der Waals surface area (Å²) in [6.45, 7) is 5.61. The van der Waals surface area contributed by atoms with Crippen LogP contribution in [0.5, 0.6) is 0 Å². The molecule has 0 radical (unpaired) electrons. The molecule has 0 fully saturated rings. The number of aromatic nitrogens is 1. The number of nitrogens with zero attached hydrogens (tertiary/aromatic N) is 1. The maximum atomic E-state index is 11.9. The Morgan fingerprint density at radius 1 is 1.56 bits per heavy atom.